The molecule has 2 aromatic carbocycles. The van der Waals surface area contributed by atoms with E-state index in [4.69, 9.17) is 5.73 Å². The lowest BCUT2D eigenvalue weighted by molar-refractivity contribution is 0.564. The average molecular weight is 308 g/mol. The second-order valence-electron chi connectivity index (χ2n) is 4.94. The maximum absolute atomic E-state index is 13.4. The molecule has 2 aromatic rings. The van der Waals surface area contributed by atoms with Gasteiger partial charge in [-0.1, -0.05) is 29.8 Å². The van der Waals surface area contributed by atoms with Crippen molar-refractivity contribution in [3.63, 3.8) is 0 Å². The van der Waals surface area contributed by atoms with Gasteiger partial charge in [-0.2, -0.15) is 0 Å². The Labute approximate surface area is 123 Å². The monoisotopic (exact) mass is 308 g/mol. The molecule has 0 fully saturated rings. The highest BCUT2D eigenvalue weighted by molar-refractivity contribution is 7.89. The number of sulfonamides is 1. The molecular formula is C15H17FN2O2S. The zero-order valence-corrected chi connectivity index (χ0v) is 12.6. The first-order valence-electron chi connectivity index (χ1n) is 6.43. The van der Waals surface area contributed by atoms with Crippen molar-refractivity contribution in [3.05, 3.63) is 59.4 Å². The van der Waals surface area contributed by atoms with Crippen LogP contribution in [0, 0.1) is 12.7 Å². The van der Waals surface area contributed by atoms with Gasteiger partial charge in [-0.05, 0) is 37.6 Å². The molecule has 0 saturated carbocycles. The molecule has 2 rings (SSSR count). The number of aryl methyl sites for hydroxylation is 1. The minimum Gasteiger partial charge on any atom is -0.396 e. The van der Waals surface area contributed by atoms with Crippen LogP contribution in [0.3, 0.4) is 0 Å². The molecular weight excluding hydrogens is 291 g/mol. The molecule has 112 valence electrons. The van der Waals surface area contributed by atoms with Crippen molar-refractivity contribution in [1.29, 1.82) is 0 Å². The first-order valence-corrected chi connectivity index (χ1v) is 7.92. The van der Waals surface area contributed by atoms with Crippen LogP contribution in [0.1, 0.15) is 24.1 Å². The Hall–Kier alpha value is -1.92. The van der Waals surface area contributed by atoms with Crippen molar-refractivity contribution >= 4 is 15.7 Å². The van der Waals surface area contributed by atoms with E-state index in [1.54, 1.807) is 6.92 Å². The van der Waals surface area contributed by atoms with E-state index in [-0.39, 0.29) is 10.6 Å². The van der Waals surface area contributed by atoms with E-state index < -0.39 is 21.9 Å². The van der Waals surface area contributed by atoms with Crippen LogP contribution in [-0.2, 0) is 10.0 Å². The van der Waals surface area contributed by atoms with E-state index in [9.17, 15) is 12.8 Å². The maximum Gasteiger partial charge on any atom is 0.241 e. The summed E-state index contributed by atoms with van der Waals surface area (Å²) in [5.41, 5.74) is 7.19. The zero-order chi connectivity index (χ0) is 15.6. The highest BCUT2D eigenvalue weighted by Crippen LogP contribution is 2.20. The van der Waals surface area contributed by atoms with Gasteiger partial charge in [0.25, 0.3) is 0 Å². The molecule has 1 atom stereocenters. The Morgan fingerprint density at radius 2 is 1.76 bits per heavy atom. The van der Waals surface area contributed by atoms with Crippen molar-refractivity contribution < 1.29 is 12.8 Å². The predicted octanol–water partition coefficient (Wildman–Crippen LogP) is 2.76. The molecule has 0 aliphatic heterocycles. The number of nitrogens with one attached hydrogen (secondary N) is 1. The van der Waals surface area contributed by atoms with Gasteiger partial charge >= 0.3 is 0 Å². The van der Waals surface area contributed by atoms with Gasteiger partial charge in [0.1, 0.15) is 5.82 Å². The molecule has 1 unspecified atom stereocenters. The summed E-state index contributed by atoms with van der Waals surface area (Å²) in [5, 5.41) is 0. The molecule has 0 aromatic heterocycles. The lowest BCUT2D eigenvalue weighted by atomic mass is 10.1. The summed E-state index contributed by atoms with van der Waals surface area (Å²) >= 11 is 0. The van der Waals surface area contributed by atoms with Gasteiger partial charge in [0, 0.05) is 6.04 Å². The lowest BCUT2D eigenvalue weighted by Gasteiger charge is -2.15. The number of anilines is 1. The summed E-state index contributed by atoms with van der Waals surface area (Å²) in [6.07, 6.45) is 0. The number of hydrogen-bond acceptors (Lipinski definition) is 3. The molecule has 4 nitrogen and oxygen atoms in total. The van der Waals surface area contributed by atoms with Crippen LogP contribution >= 0.6 is 0 Å². The van der Waals surface area contributed by atoms with Crippen LogP contribution in [0.15, 0.2) is 47.4 Å². The Bertz CT molecular complexity index is 743. The molecule has 0 aliphatic rings. The van der Waals surface area contributed by atoms with Crippen molar-refractivity contribution in [1.82, 2.24) is 4.72 Å². The molecule has 0 radical (unpaired) electrons. The summed E-state index contributed by atoms with van der Waals surface area (Å²) in [6, 6.07) is 10.5. The van der Waals surface area contributed by atoms with Gasteiger partial charge in [0.05, 0.1) is 10.6 Å². The fourth-order valence-electron chi connectivity index (χ4n) is 1.90. The predicted molar refractivity (Wildman–Crippen MR) is 80.7 cm³/mol. The second-order valence-corrected chi connectivity index (χ2v) is 6.65. The normalized spacial score (nSPS) is 13.1. The Morgan fingerprint density at radius 1 is 1.14 bits per heavy atom. The van der Waals surface area contributed by atoms with E-state index >= 15 is 0 Å². The second kappa shape index (κ2) is 5.83. The first-order chi connectivity index (χ1) is 9.79. The van der Waals surface area contributed by atoms with Gasteiger partial charge in [0.15, 0.2) is 0 Å². The minimum absolute atomic E-state index is 0.0828. The van der Waals surface area contributed by atoms with Gasteiger partial charge in [-0.3, -0.25) is 0 Å². The third-order valence-corrected chi connectivity index (χ3v) is 4.73. The van der Waals surface area contributed by atoms with Crippen molar-refractivity contribution in [3.8, 4) is 0 Å². The highest BCUT2D eigenvalue weighted by atomic mass is 32.2. The third kappa shape index (κ3) is 3.59. The van der Waals surface area contributed by atoms with E-state index in [1.807, 2.05) is 31.2 Å². The van der Waals surface area contributed by atoms with Crippen LogP contribution in [0.5, 0.6) is 0 Å². The third-order valence-electron chi connectivity index (χ3n) is 3.19. The van der Waals surface area contributed by atoms with Gasteiger partial charge in [-0.15, -0.1) is 0 Å². The Morgan fingerprint density at radius 3 is 2.33 bits per heavy atom. The van der Waals surface area contributed by atoms with Crippen molar-refractivity contribution in [2.75, 3.05) is 5.73 Å². The molecule has 0 bridgehead atoms. The molecule has 6 heteroatoms. The van der Waals surface area contributed by atoms with Crippen LogP contribution in [0.2, 0.25) is 0 Å². The van der Waals surface area contributed by atoms with Crippen LogP contribution in [0.25, 0.3) is 0 Å². The number of nitrogen functional groups attached to an aromatic ring is 1. The molecule has 21 heavy (non-hydrogen) atoms. The zero-order valence-electron chi connectivity index (χ0n) is 11.8. The number of halogens is 1. The summed E-state index contributed by atoms with van der Waals surface area (Å²) < 4.78 is 40.4. The van der Waals surface area contributed by atoms with E-state index in [0.29, 0.717) is 0 Å². The molecule has 0 heterocycles. The fraction of sp³-hybridized carbons (Fsp3) is 0.200. The average Bonchev–Trinajstić information content (AvgIpc) is 2.42. The topological polar surface area (TPSA) is 72.2 Å². The summed E-state index contributed by atoms with van der Waals surface area (Å²) in [4.78, 5) is -0.145. The van der Waals surface area contributed by atoms with Crippen molar-refractivity contribution in [2.45, 2.75) is 24.8 Å². The number of nitrogens with two attached hydrogens (primary N) is 1. The Balaban J connectivity index is 2.24. The number of hydrogen-bond donors (Lipinski definition) is 2. The quantitative estimate of drug-likeness (QED) is 0.853. The molecule has 0 spiro atoms. The fourth-order valence-corrected chi connectivity index (χ4v) is 3.14. The summed E-state index contributed by atoms with van der Waals surface area (Å²) in [7, 11) is -3.80. The van der Waals surface area contributed by atoms with Crippen LogP contribution < -0.4 is 10.5 Å². The summed E-state index contributed by atoms with van der Waals surface area (Å²) in [6.45, 7) is 3.69. The van der Waals surface area contributed by atoms with Gasteiger partial charge in [-0.25, -0.2) is 17.5 Å². The standard InChI is InChI=1S/C15H17FN2O2S/c1-10-3-5-12(6-4-10)11(2)18-21(19,20)13-7-8-15(17)14(16)9-13/h3-9,11,18H,17H2,1-2H3. The molecule has 0 amide bonds. The SMILES string of the molecule is Cc1ccc(C(C)NS(=O)(=O)c2ccc(N)c(F)c2)cc1. The largest absolute Gasteiger partial charge is 0.396 e. The molecule has 0 aliphatic carbocycles. The maximum atomic E-state index is 13.4. The molecule has 3 N–H and O–H groups in total. The minimum atomic E-state index is -3.80. The first kappa shape index (κ1) is 15.5. The summed E-state index contributed by atoms with van der Waals surface area (Å²) in [5.74, 6) is -0.749. The lowest BCUT2D eigenvalue weighted by Crippen LogP contribution is -2.27. The number of rotatable bonds is 4. The van der Waals surface area contributed by atoms with E-state index in [2.05, 4.69) is 4.72 Å². The van der Waals surface area contributed by atoms with Gasteiger partial charge < -0.3 is 5.73 Å². The number of benzene rings is 2. The van der Waals surface area contributed by atoms with E-state index in [0.717, 1.165) is 17.2 Å². The van der Waals surface area contributed by atoms with Crippen LogP contribution in [-0.4, -0.2) is 8.42 Å². The van der Waals surface area contributed by atoms with Crippen LogP contribution in [0.4, 0.5) is 10.1 Å². The highest BCUT2D eigenvalue weighted by Gasteiger charge is 2.19. The molecule has 0 saturated heterocycles. The van der Waals surface area contributed by atoms with Gasteiger partial charge in [0.2, 0.25) is 10.0 Å². The van der Waals surface area contributed by atoms with Crippen molar-refractivity contribution in [2.24, 2.45) is 0 Å². The smallest absolute Gasteiger partial charge is 0.241 e. The van der Waals surface area contributed by atoms with E-state index in [1.165, 1.54) is 12.1 Å². The Kier molecular flexibility index (Phi) is 4.29.